The van der Waals surface area contributed by atoms with Gasteiger partial charge in [0.25, 0.3) is 0 Å². The monoisotopic (exact) mass is 308 g/mol. The third kappa shape index (κ3) is 4.20. The van der Waals surface area contributed by atoms with Crippen molar-refractivity contribution in [1.29, 1.82) is 0 Å². The number of carbonyl (C=O) groups is 1. The molecule has 0 aliphatic rings. The van der Waals surface area contributed by atoms with Gasteiger partial charge < -0.3 is 9.47 Å². The predicted molar refractivity (Wildman–Crippen MR) is 78.6 cm³/mol. The number of ketones is 1. The molecule has 0 heterocycles. The molecule has 0 radical (unpaired) electrons. The highest BCUT2D eigenvalue weighted by molar-refractivity contribution is 6.30. The Morgan fingerprint density at radius 2 is 2.00 bits per heavy atom. The van der Waals surface area contributed by atoms with Crippen LogP contribution in [0, 0.1) is 5.82 Å². The summed E-state index contributed by atoms with van der Waals surface area (Å²) in [6.07, 6.45) is -0.0520. The van der Waals surface area contributed by atoms with E-state index >= 15 is 0 Å². The van der Waals surface area contributed by atoms with Crippen LogP contribution in [0.1, 0.15) is 5.56 Å². The van der Waals surface area contributed by atoms with Crippen molar-refractivity contribution in [1.82, 2.24) is 0 Å². The fraction of sp³-hybridized carbons (Fsp3) is 0.188. The molecule has 2 rings (SSSR count). The average Bonchev–Trinajstić information content (AvgIpc) is 2.47. The number of benzene rings is 2. The fourth-order valence-electron chi connectivity index (χ4n) is 1.83. The van der Waals surface area contributed by atoms with Crippen LogP contribution in [0.4, 0.5) is 4.39 Å². The normalized spacial score (nSPS) is 10.2. The van der Waals surface area contributed by atoms with Gasteiger partial charge in [0.1, 0.15) is 12.4 Å². The Bertz CT molecular complexity index is 643. The molecule has 0 saturated carbocycles. The van der Waals surface area contributed by atoms with E-state index < -0.39 is 5.82 Å². The lowest BCUT2D eigenvalue weighted by molar-refractivity contribution is -0.120. The Balaban J connectivity index is 1.96. The zero-order valence-corrected chi connectivity index (χ0v) is 12.2. The SMILES string of the molecule is COc1cccc(CC(=O)COc2cccc(Cl)c2)c1F. The minimum atomic E-state index is -0.517. The standard InChI is InChI=1S/C16H14ClFO3/c1-20-15-7-2-4-11(16(15)18)8-13(19)10-21-14-6-3-5-12(17)9-14/h2-7,9H,8,10H2,1H3. The molecule has 110 valence electrons. The van der Waals surface area contributed by atoms with Crippen LogP contribution in [0.5, 0.6) is 11.5 Å². The molecule has 3 nitrogen and oxygen atoms in total. The molecule has 0 aromatic heterocycles. The molecule has 2 aromatic rings. The van der Waals surface area contributed by atoms with Gasteiger partial charge in [0.05, 0.1) is 7.11 Å². The first-order valence-corrected chi connectivity index (χ1v) is 6.69. The lowest BCUT2D eigenvalue weighted by Crippen LogP contribution is -2.14. The highest BCUT2D eigenvalue weighted by Gasteiger charge is 2.12. The van der Waals surface area contributed by atoms with Crippen LogP contribution in [0.2, 0.25) is 5.02 Å². The molecule has 5 heteroatoms. The quantitative estimate of drug-likeness (QED) is 0.816. The minimum Gasteiger partial charge on any atom is -0.494 e. The van der Waals surface area contributed by atoms with Crippen LogP contribution >= 0.6 is 11.6 Å². The van der Waals surface area contributed by atoms with E-state index in [4.69, 9.17) is 21.1 Å². The number of Topliss-reactive ketones (excluding diaryl/α,β-unsaturated/α-hetero) is 1. The summed E-state index contributed by atoms with van der Waals surface area (Å²) in [5, 5.41) is 0.527. The third-order valence-electron chi connectivity index (χ3n) is 2.85. The first-order valence-electron chi connectivity index (χ1n) is 6.31. The number of hydrogen-bond acceptors (Lipinski definition) is 3. The Morgan fingerprint density at radius 3 is 2.71 bits per heavy atom. The summed E-state index contributed by atoms with van der Waals surface area (Å²) in [5.41, 5.74) is 0.286. The number of rotatable bonds is 6. The molecule has 0 aliphatic carbocycles. The van der Waals surface area contributed by atoms with Gasteiger partial charge in [-0.2, -0.15) is 0 Å². The van der Waals surface area contributed by atoms with Crippen molar-refractivity contribution in [3.63, 3.8) is 0 Å². The molecule has 0 saturated heterocycles. The molecule has 0 bridgehead atoms. The van der Waals surface area contributed by atoms with Crippen molar-refractivity contribution in [3.8, 4) is 11.5 Å². The van der Waals surface area contributed by atoms with Gasteiger partial charge in [-0.15, -0.1) is 0 Å². The van der Waals surface area contributed by atoms with E-state index in [-0.39, 0.29) is 30.1 Å². The predicted octanol–water partition coefficient (Wildman–Crippen LogP) is 3.68. The maximum atomic E-state index is 13.9. The van der Waals surface area contributed by atoms with Crippen molar-refractivity contribution >= 4 is 17.4 Å². The summed E-state index contributed by atoms with van der Waals surface area (Å²) in [7, 11) is 1.38. The van der Waals surface area contributed by atoms with Crippen molar-refractivity contribution in [3.05, 3.63) is 58.9 Å². The Kier molecular flexibility index (Phi) is 5.17. The highest BCUT2D eigenvalue weighted by Crippen LogP contribution is 2.21. The second kappa shape index (κ2) is 7.09. The van der Waals surface area contributed by atoms with Gasteiger partial charge in [-0.25, -0.2) is 4.39 Å². The van der Waals surface area contributed by atoms with Crippen LogP contribution < -0.4 is 9.47 Å². The van der Waals surface area contributed by atoms with Gasteiger partial charge in [-0.05, 0) is 29.8 Å². The fourth-order valence-corrected chi connectivity index (χ4v) is 2.01. The number of hydrogen-bond donors (Lipinski definition) is 0. The van der Waals surface area contributed by atoms with Crippen molar-refractivity contribution < 1.29 is 18.7 Å². The minimum absolute atomic E-state index is 0.0520. The van der Waals surface area contributed by atoms with E-state index in [2.05, 4.69) is 0 Å². The molecule has 21 heavy (non-hydrogen) atoms. The Morgan fingerprint density at radius 1 is 1.24 bits per heavy atom. The van der Waals surface area contributed by atoms with Crippen LogP contribution in [0.25, 0.3) is 0 Å². The summed E-state index contributed by atoms with van der Waals surface area (Å²) in [4.78, 5) is 11.9. The van der Waals surface area contributed by atoms with Crippen LogP contribution in [-0.4, -0.2) is 19.5 Å². The molecule has 0 unspecified atom stereocenters. The second-order valence-corrected chi connectivity index (χ2v) is 4.83. The lowest BCUT2D eigenvalue weighted by Gasteiger charge is -2.08. The van der Waals surface area contributed by atoms with Crippen molar-refractivity contribution in [2.75, 3.05) is 13.7 Å². The Labute approximate surface area is 127 Å². The molecule has 0 aliphatic heterocycles. The summed E-state index contributed by atoms with van der Waals surface area (Å²) < 4.78 is 24.1. The van der Waals surface area contributed by atoms with E-state index in [1.165, 1.54) is 13.2 Å². The van der Waals surface area contributed by atoms with Crippen LogP contribution in [0.15, 0.2) is 42.5 Å². The summed E-state index contributed by atoms with van der Waals surface area (Å²) in [5.74, 6) is -0.128. The lowest BCUT2D eigenvalue weighted by atomic mass is 10.1. The number of ether oxygens (including phenoxy) is 2. The van der Waals surface area contributed by atoms with Crippen LogP contribution in [-0.2, 0) is 11.2 Å². The maximum absolute atomic E-state index is 13.9. The first kappa shape index (κ1) is 15.3. The topological polar surface area (TPSA) is 35.5 Å². The van der Waals surface area contributed by atoms with Gasteiger partial charge in [-0.3, -0.25) is 4.79 Å². The molecule has 0 atom stereocenters. The number of methoxy groups -OCH3 is 1. The van der Waals surface area contributed by atoms with E-state index in [1.54, 1.807) is 36.4 Å². The van der Waals surface area contributed by atoms with E-state index in [1.807, 2.05) is 0 Å². The van der Waals surface area contributed by atoms with Crippen molar-refractivity contribution in [2.24, 2.45) is 0 Å². The first-order chi connectivity index (χ1) is 10.1. The summed E-state index contributed by atoms with van der Waals surface area (Å²) in [6, 6.07) is 11.4. The maximum Gasteiger partial charge on any atom is 0.174 e. The van der Waals surface area contributed by atoms with Crippen molar-refractivity contribution in [2.45, 2.75) is 6.42 Å². The number of halogens is 2. The van der Waals surface area contributed by atoms with Gasteiger partial charge >= 0.3 is 0 Å². The zero-order chi connectivity index (χ0) is 15.2. The van der Waals surface area contributed by atoms with Gasteiger partial charge in [-0.1, -0.05) is 29.8 Å². The van der Waals surface area contributed by atoms with Gasteiger partial charge in [0, 0.05) is 11.4 Å². The van der Waals surface area contributed by atoms with E-state index in [0.29, 0.717) is 10.8 Å². The van der Waals surface area contributed by atoms with Gasteiger partial charge in [0.15, 0.2) is 17.3 Å². The van der Waals surface area contributed by atoms with E-state index in [0.717, 1.165) is 0 Å². The molecule has 0 amide bonds. The molecular formula is C16H14ClFO3. The third-order valence-corrected chi connectivity index (χ3v) is 3.08. The summed E-state index contributed by atoms with van der Waals surface area (Å²) in [6.45, 7) is -0.142. The van der Waals surface area contributed by atoms with Gasteiger partial charge in [0.2, 0.25) is 0 Å². The second-order valence-electron chi connectivity index (χ2n) is 4.39. The van der Waals surface area contributed by atoms with Crippen LogP contribution in [0.3, 0.4) is 0 Å². The molecule has 2 aromatic carbocycles. The average molecular weight is 309 g/mol. The largest absolute Gasteiger partial charge is 0.494 e. The molecule has 0 spiro atoms. The zero-order valence-electron chi connectivity index (χ0n) is 11.4. The van der Waals surface area contributed by atoms with E-state index in [9.17, 15) is 9.18 Å². The number of carbonyl (C=O) groups excluding carboxylic acids is 1. The molecular weight excluding hydrogens is 295 g/mol. The highest BCUT2D eigenvalue weighted by atomic mass is 35.5. The molecule has 0 N–H and O–H groups in total. The summed E-state index contributed by atoms with van der Waals surface area (Å²) >= 11 is 5.82. The smallest absolute Gasteiger partial charge is 0.174 e. The molecule has 0 fully saturated rings. The Hall–Kier alpha value is -2.07.